The molecule has 0 aliphatic carbocycles. The van der Waals surface area contributed by atoms with E-state index in [2.05, 4.69) is 17.4 Å². The summed E-state index contributed by atoms with van der Waals surface area (Å²) in [5.41, 5.74) is 9.48. The number of hydrogen-bond acceptors (Lipinski definition) is 6. The van der Waals surface area contributed by atoms with Gasteiger partial charge in [0.2, 0.25) is 5.91 Å². The lowest BCUT2D eigenvalue weighted by molar-refractivity contribution is -0.117. The third-order valence-electron chi connectivity index (χ3n) is 4.45. The number of anilines is 1. The Kier molecular flexibility index (Phi) is 7.53. The van der Waals surface area contributed by atoms with Crippen molar-refractivity contribution in [2.24, 2.45) is 5.73 Å². The molecule has 0 unspecified atom stereocenters. The molecule has 2 aromatic rings. The molecule has 2 rings (SSSR count). The zero-order chi connectivity index (χ0) is 21.7. The number of benzene rings is 1. The van der Waals surface area contributed by atoms with Crippen LogP contribution < -0.4 is 11.1 Å². The number of carbonyl (C=O) groups is 3. The zero-order valence-corrected chi connectivity index (χ0v) is 18.2. The predicted octanol–water partition coefficient (Wildman–Crippen LogP) is 3.02. The number of primary amides is 1. The molecule has 3 N–H and O–H groups in total. The first-order valence-electron chi connectivity index (χ1n) is 9.28. The Morgan fingerprint density at radius 1 is 1.21 bits per heavy atom. The third kappa shape index (κ3) is 5.65. The molecular formula is C21H27N3O4S. The number of thiophene rings is 1. The second-order valence-corrected chi connectivity index (χ2v) is 8.02. The van der Waals surface area contributed by atoms with Crippen molar-refractivity contribution < 1.29 is 19.1 Å². The molecule has 1 heterocycles. The monoisotopic (exact) mass is 417 g/mol. The number of aryl methyl sites for hydroxylation is 2. The summed E-state index contributed by atoms with van der Waals surface area (Å²) in [6, 6.07) is 6.20. The van der Waals surface area contributed by atoms with Gasteiger partial charge in [-0.1, -0.05) is 23.8 Å². The van der Waals surface area contributed by atoms with Crippen LogP contribution in [0, 0.1) is 20.8 Å². The van der Waals surface area contributed by atoms with Crippen LogP contribution >= 0.6 is 11.3 Å². The molecule has 0 aliphatic heterocycles. The van der Waals surface area contributed by atoms with Gasteiger partial charge in [0.25, 0.3) is 5.91 Å². The Bertz CT molecular complexity index is 936. The van der Waals surface area contributed by atoms with Crippen LogP contribution in [0.3, 0.4) is 0 Å². The van der Waals surface area contributed by atoms with Gasteiger partial charge in [0, 0.05) is 6.54 Å². The second-order valence-electron chi connectivity index (χ2n) is 7.00. The molecule has 0 spiro atoms. The summed E-state index contributed by atoms with van der Waals surface area (Å²) in [6.07, 6.45) is 0. The van der Waals surface area contributed by atoms with E-state index in [0.717, 1.165) is 16.9 Å². The highest BCUT2D eigenvalue weighted by molar-refractivity contribution is 7.18. The lowest BCUT2D eigenvalue weighted by Crippen LogP contribution is -2.30. The molecule has 8 heteroatoms. The SMILES string of the molecule is CCOC(=O)c1c(NC(=O)CN(C)Cc2ccc(C)cc2C)sc(C(N)=O)c1C. The quantitative estimate of drug-likeness (QED) is 0.643. The van der Waals surface area contributed by atoms with E-state index in [4.69, 9.17) is 10.5 Å². The summed E-state index contributed by atoms with van der Waals surface area (Å²) in [5, 5.41) is 3.01. The third-order valence-corrected chi connectivity index (χ3v) is 5.68. The smallest absolute Gasteiger partial charge is 0.341 e. The van der Waals surface area contributed by atoms with E-state index in [1.165, 1.54) is 11.1 Å². The number of amides is 2. The lowest BCUT2D eigenvalue weighted by Gasteiger charge is -2.18. The van der Waals surface area contributed by atoms with Crippen LogP contribution in [0.15, 0.2) is 18.2 Å². The van der Waals surface area contributed by atoms with Gasteiger partial charge in [0.15, 0.2) is 0 Å². The highest BCUT2D eigenvalue weighted by Gasteiger charge is 2.25. The molecule has 0 fully saturated rings. The highest BCUT2D eigenvalue weighted by Crippen LogP contribution is 2.33. The van der Waals surface area contributed by atoms with Crippen LogP contribution in [-0.2, 0) is 16.1 Å². The molecule has 1 aromatic carbocycles. The predicted molar refractivity (Wildman–Crippen MR) is 114 cm³/mol. The molecule has 29 heavy (non-hydrogen) atoms. The summed E-state index contributed by atoms with van der Waals surface area (Å²) in [5.74, 6) is -1.53. The topological polar surface area (TPSA) is 102 Å². The maximum absolute atomic E-state index is 12.6. The van der Waals surface area contributed by atoms with Crippen LogP contribution in [-0.4, -0.2) is 42.9 Å². The largest absolute Gasteiger partial charge is 0.462 e. The minimum Gasteiger partial charge on any atom is -0.462 e. The Hall–Kier alpha value is -2.71. The number of carbonyl (C=O) groups excluding carboxylic acids is 3. The molecule has 156 valence electrons. The lowest BCUT2D eigenvalue weighted by atomic mass is 10.1. The van der Waals surface area contributed by atoms with E-state index in [0.29, 0.717) is 12.1 Å². The van der Waals surface area contributed by atoms with Crippen molar-refractivity contribution in [3.05, 3.63) is 50.9 Å². The normalized spacial score (nSPS) is 10.8. The molecule has 0 saturated carbocycles. The van der Waals surface area contributed by atoms with Gasteiger partial charge in [-0.05, 0) is 51.4 Å². The number of esters is 1. The number of ether oxygens (including phenoxy) is 1. The average molecular weight is 418 g/mol. The molecule has 7 nitrogen and oxygen atoms in total. The first-order chi connectivity index (χ1) is 13.6. The van der Waals surface area contributed by atoms with Gasteiger partial charge in [-0.15, -0.1) is 11.3 Å². The first-order valence-corrected chi connectivity index (χ1v) is 10.1. The maximum Gasteiger partial charge on any atom is 0.341 e. The van der Waals surface area contributed by atoms with Gasteiger partial charge in [0.1, 0.15) is 5.00 Å². The minimum absolute atomic E-state index is 0.123. The fraction of sp³-hybridized carbons (Fsp3) is 0.381. The standard InChI is InChI=1S/C21H27N3O4S/c1-6-28-21(27)17-14(4)18(19(22)26)29-20(17)23-16(25)11-24(5)10-15-8-7-12(2)9-13(15)3/h7-9H,6,10-11H2,1-5H3,(H2,22,26)(H,23,25). The summed E-state index contributed by atoms with van der Waals surface area (Å²) in [4.78, 5) is 38.6. The van der Waals surface area contributed by atoms with Gasteiger partial charge in [-0.2, -0.15) is 0 Å². The van der Waals surface area contributed by atoms with Crippen LogP contribution in [0.25, 0.3) is 0 Å². The van der Waals surface area contributed by atoms with Crippen LogP contribution in [0.5, 0.6) is 0 Å². The average Bonchev–Trinajstić information content (AvgIpc) is 2.93. The van der Waals surface area contributed by atoms with Crippen molar-refractivity contribution in [1.82, 2.24) is 4.90 Å². The first kappa shape index (κ1) is 22.6. The Balaban J connectivity index is 2.14. The van der Waals surface area contributed by atoms with Gasteiger partial charge in [-0.25, -0.2) is 4.79 Å². The van der Waals surface area contributed by atoms with Crippen LogP contribution in [0.4, 0.5) is 5.00 Å². The number of likely N-dealkylation sites (N-methyl/N-ethyl adjacent to an activating group) is 1. The number of nitrogens with zero attached hydrogens (tertiary/aromatic N) is 1. The molecule has 0 saturated heterocycles. The number of rotatable bonds is 8. The molecule has 1 aromatic heterocycles. The van der Waals surface area contributed by atoms with Crippen molar-refractivity contribution in [1.29, 1.82) is 0 Å². The number of hydrogen-bond donors (Lipinski definition) is 2. The van der Waals surface area contributed by atoms with E-state index in [9.17, 15) is 14.4 Å². The van der Waals surface area contributed by atoms with Crippen molar-refractivity contribution in [2.75, 3.05) is 25.5 Å². The number of nitrogens with two attached hydrogens (primary N) is 1. The zero-order valence-electron chi connectivity index (χ0n) is 17.4. The van der Waals surface area contributed by atoms with E-state index in [-0.39, 0.29) is 34.5 Å². The van der Waals surface area contributed by atoms with Gasteiger partial charge in [0.05, 0.1) is 23.6 Å². The van der Waals surface area contributed by atoms with E-state index in [1.54, 1.807) is 13.8 Å². The molecule has 2 amide bonds. The van der Waals surface area contributed by atoms with Crippen molar-refractivity contribution in [3.63, 3.8) is 0 Å². The van der Waals surface area contributed by atoms with Crippen LogP contribution in [0.2, 0.25) is 0 Å². The van der Waals surface area contributed by atoms with Crippen molar-refractivity contribution >= 4 is 34.1 Å². The summed E-state index contributed by atoms with van der Waals surface area (Å²) in [6.45, 7) is 8.31. The molecule has 0 aliphatic rings. The molecule has 0 atom stereocenters. The Morgan fingerprint density at radius 3 is 2.48 bits per heavy atom. The fourth-order valence-electron chi connectivity index (χ4n) is 3.07. The van der Waals surface area contributed by atoms with Gasteiger partial charge in [-0.3, -0.25) is 14.5 Å². The maximum atomic E-state index is 12.6. The summed E-state index contributed by atoms with van der Waals surface area (Å²) < 4.78 is 5.06. The summed E-state index contributed by atoms with van der Waals surface area (Å²) in [7, 11) is 1.85. The summed E-state index contributed by atoms with van der Waals surface area (Å²) >= 11 is 0.986. The Morgan fingerprint density at radius 2 is 1.90 bits per heavy atom. The van der Waals surface area contributed by atoms with Crippen LogP contribution in [0.1, 0.15) is 49.2 Å². The van der Waals surface area contributed by atoms with E-state index in [1.807, 2.05) is 31.9 Å². The van der Waals surface area contributed by atoms with Crippen molar-refractivity contribution in [3.8, 4) is 0 Å². The molecule has 0 bridgehead atoms. The Labute approximate surface area is 174 Å². The van der Waals surface area contributed by atoms with Gasteiger partial charge < -0.3 is 15.8 Å². The van der Waals surface area contributed by atoms with Crippen molar-refractivity contribution in [2.45, 2.75) is 34.2 Å². The second kappa shape index (κ2) is 9.67. The molecule has 0 radical (unpaired) electrons. The highest BCUT2D eigenvalue weighted by atomic mass is 32.1. The van der Waals surface area contributed by atoms with Gasteiger partial charge >= 0.3 is 5.97 Å². The van der Waals surface area contributed by atoms with E-state index < -0.39 is 11.9 Å². The fourth-order valence-corrected chi connectivity index (χ4v) is 4.13. The van der Waals surface area contributed by atoms with E-state index >= 15 is 0 Å². The number of nitrogens with one attached hydrogen (secondary N) is 1. The molecular weight excluding hydrogens is 390 g/mol. The minimum atomic E-state index is -0.648.